The Morgan fingerprint density at radius 2 is 1.88 bits per heavy atom. The predicted octanol–water partition coefficient (Wildman–Crippen LogP) is 1.80. The van der Waals surface area contributed by atoms with Crippen molar-refractivity contribution in [2.45, 2.75) is 29.1 Å². The van der Waals surface area contributed by atoms with Gasteiger partial charge in [0.25, 0.3) is 0 Å². The number of rotatable bonds is 6. The molecule has 41 heavy (non-hydrogen) atoms. The molecule has 3 atom stereocenters. The molecule has 2 aromatic rings. The van der Waals surface area contributed by atoms with E-state index in [1.165, 1.54) is 33.5 Å². The van der Waals surface area contributed by atoms with Crippen molar-refractivity contribution < 1.29 is 40.9 Å². The highest BCUT2D eigenvalue weighted by molar-refractivity contribution is 7.89. The molecule has 1 aromatic heterocycles. The monoisotopic (exact) mass is 615 g/mol. The Kier molecular flexibility index (Phi) is 7.45. The number of ether oxygens (including phenoxy) is 4. The molecular weight excluding hydrogens is 588 g/mol. The van der Waals surface area contributed by atoms with E-state index in [1.54, 1.807) is 4.90 Å². The molecule has 222 valence electrons. The number of benzene rings is 1. The van der Waals surface area contributed by atoms with Crippen LogP contribution in [0.25, 0.3) is 0 Å². The van der Waals surface area contributed by atoms with Crippen LogP contribution < -0.4 is 20.3 Å². The first-order valence-electron chi connectivity index (χ1n) is 13.1. The highest BCUT2D eigenvalue weighted by Crippen LogP contribution is 2.41. The molecule has 0 radical (unpaired) electrons. The molecule has 16 heteroatoms. The van der Waals surface area contributed by atoms with Gasteiger partial charge in [-0.2, -0.15) is 13.1 Å². The van der Waals surface area contributed by atoms with Crippen LogP contribution in [0.1, 0.15) is 5.56 Å². The lowest BCUT2D eigenvalue weighted by atomic mass is 10.0. The Morgan fingerprint density at radius 3 is 2.59 bits per heavy atom. The molecule has 0 spiro atoms. The largest absolute Gasteiger partial charge is 0.489 e. The van der Waals surface area contributed by atoms with Crippen LogP contribution in [0.3, 0.4) is 0 Å². The van der Waals surface area contributed by atoms with Crippen LogP contribution in [0.4, 0.5) is 25.1 Å². The number of pyridine rings is 1. The second-order valence-electron chi connectivity index (χ2n) is 10.0. The first-order valence-corrected chi connectivity index (χ1v) is 14.9. The number of hydrogen-bond acceptors (Lipinski definition) is 10. The van der Waals surface area contributed by atoms with Gasteiger partial charge in [0.15, 0.2) is 0 Å². The van der Waals surface area contributed by atoms with Gasteiger partial charge in [-0.3, -0.25) is 4.90 Å². The SMILES string of the molecule is NC[C@@H]1OC(=O)N2c3ccc(S(=O)(=O)N4CCN(c5cc(C(F)(F)[C@@H]6COCCO6)cc(Cl)n5)CC4)cc3OC[C@H]12. The lowest BCUT2D eigenvalue weighted by molar-refractivity contribution is -0.199. The van der Waals surface area contributed by atoms with Crippen molar-refractivity contribution in [2.24, 2.45) is 5.73 Å². The number of amides is 1. The highest BCUT2D eigenvalue weighted by Gasteiger charge is 2.47. The molecule has 0 bridgehead atoms. The zero-order valence-corrected chi connectivity index (χ0v) is 23.3. The Balaban J connectivity index is 1.16. The third kappa shape index (κ3) is 5.08. The lowest BCUT2D eigenvalue weighted by Crippen LogP contribution is -2.49. The number of anilines is 2. The summed E-state index contributed by atoms with van der Waals surface area (Å²) in [6.45, 7) is 0.898. The number of cyclic esters (lactones) is 1. The molecule has 5 heterocycles. The minimum Gasteiger partial charge on any atom is -0.489 e. The quantitative estimate of drug-likeness (QED) is 0.479. The summed E-state index contributed by atoms with van der Waals surface area (Å²) in [5, 5.41) is -0.111. The minimum absolute atomic E-state index is 0.00333. The maximum Gasteiger partial charge on any atom is 0.415 e. The molecule has 3 saturated heterocycles. The molecule has 1 amide bonds. The van der Waals surface area contributed by atoms with Gasteiger partial charge in [-0.25, -0.2) is 18.2 Å². The molecule has 4 aliphatic heterocycles. The first kappa shape index (κ1) is 28.3. The highest BCUT2D eigenvalue weighted by atomic mass is 35.5. The van der Waals surface area contributed by atoms with Crippen molar-refractivity contribution >= 4 is 39.2 Å². The van der Waals surface area contributed by atoms with Gasteiger partial charge in [-0.1, -0.05) is 11.6 Å². The second kappa shape index (κ2) is 10.8. The average Bonchev–Trinajstić information content (AvgIpc) is 3.32. The maximum atomic E-state index is 15.2. The van der Waals surface area contributed by atoms with Crippen molar-refractivity contribution in [3.05, 3.63) is 41.0 Å². The van der Waals surface area contributed by atoms with Gasteiger partial charge in [-0.15, -0.1) is 0 Å². The third-order valence-electron chi connectivity index (χ3n) is 7.63. The molecular formula is C25H28ClF2N5O7S. The van der Waals surface area contributed by atoms with Gasteiger partial charge in [0, 0.05) is 44.4 Å². The van der Waals surface area contributed by atoms with Gasteiger partial charge in [0.05, 0.1) is 30.4 Å². The van der Waals surface area contributed by atoms with E-state index in [9.17, 15) is 13.2 Å². The van der Waals surface area contributed by atoms with E-state index < -0.39 is 34.2 Å². The van der Waals surface area contributed by atoms with E-state index >= 15 is 8.78 Å². The van der Waals surface area contributed by atoms with Gasteiger partial charge in [0.1, 0.15) is 41.6 Å². The molecule has 2 N–H and O–H groups in total. The number of carbonyl (C=O) groups is 1. The summed E-state index contributed by atoms with van der Waals surface area (Å²) in [5.74, 6) is -2.90. The summed E-state index contributed by atoms with van der Waals surface area (Å²) < 4.78 is 80.1. The van der Waals surface area contributed by atoms with Crippen LogP contribution >= 0.6 is 11.6 Å². The Labute approximate surface area is 239 Å². The van der Waals surface area contributed by atoms with Crippen molar-refractivity contribution in [2.75, 3.05) is 69.0 Å². The smallest absolute Gasteiger partial charge is 0.415 e. The molecule has 4 aliphatic rings. The zero-order valence-electron chi connectivity index (χ0n) is 21.7. The van der Waals surface area contributed by atoms with Crippen molar-refractivity contribution in [3.63, 3.8) is 0 Å². The zero-order chi connectivity index (χ0) is 28.9. The van der Waals surface area contributed by atoms with E-state index in [0.717, 1.165) is 6.07 Å². The van der Waals surface area contributed by atoms with E-state index in [1.807, 2.05) is 0 Å². The number of alkyl halides is 2. The summed E-state index contributed by atoms with van der Waals surface area (Å²) >= 11 is 6.11. The fourth-order valence-corrected chi connectivity index (χ4v) is 7.04. The van der Waals surface area contributed by atoms with Crippen LogP contribution in [0, 0.1) is 0 Å². The standard InChI is InChI=1S/C25H28ClF2N5O7S/c26-22-9-15(25(27,28)21-14-37-7-8-38-21)10-23(30-22)31-3-5-32(6-4-31)41(35,36)16-1-2-17-19(11-16)39-13-18-20(12-29)40-24(34)33(17)18/h1-2,9-11,18,20-21H,3-8,12-14,29H2/t18-,20+,21+/m1/s1. The van der Waals surface area contributed by atoms with Crippen LogP contribution in [0.15, 0.2) is 35.2 Å². The number of sulfonamides is 1. The van der Waals surface area contributed by atoms with Crippen LogP contribution in [0.5, 0.6) is 5.75 Å². The number of fused-ring (bicyclic) bond motifs is 3. The molecule has 0 aliphatic carbocycles. The average molecular weight is 616 g/mol. The number of carbonyl (C=O) groups excluding carboxylic acids is 1. The third-order valence-corrected chi connectivity index (χ3v) is 9.72. The Morgan fingerprint density at radius 1 is 1.10 bits per heavy atom. The van der Waals surface area contributed by atoms with E-state index in [2.05, 4.69) is 4.98 Å². The Hall–Kier alpha value is -2.82. The molecule has 1 aromatic carbocycles. The number of nitrogens with zero attached hydrogens (tertiary/aromatic N) is 4. The van der Waals surface area contributed by atoms with Crippen LogP contribution in [0.2, 0.25) is 5.15 Å². The van der Waals surface area contributed by atoms with Crippen molar-refractivity contribution in [1.29, 1.82) is 0 Å². The second-order valence-corrected chi connectivity index (χ2v) is 12.3. The number of nitrogens with two attached hydrogens (primary N) is 1. The fraction of sp³-hybridized carbons (Fsp3) is 0.520. The van der Waals surface area contributed by atoms with Gasteiger partial charge < -0.3 is 29.6 Å². The van der Waals surface area contributed by atoms with Gasteiger partial charge >= 0.3 is 12.0 Å². The van der Waals surface area contributed by atoms with Gasteiger partial charge in [0.2, 0.25) is 10.0 Å². The fourth-order valence-electron chi connectivity index (χ4n) is 5.40. The summed E-state index contributed by atoms with van der Waals surface area (Å²) in [7, 11) is -3.93. The van der Waals surface area contributed by atoms with Gasteiger partial charge in [-0.05, 0) is 24.3 Å². The number of hydrogen-bond donors (Lipinski definition) is 1. The number of piperazine rings is 1. The van der Waals surface area contributed by atoms with E-state index in [4.69, 9.17) is 36.3 Å². The van der Waals surface area contributed by atoms with Crippen LogP contribution in [-0.4, -0.2) is 101 Å². The number of halogens is 3. The van der Waals surface area contributed by atoms with Crippen molar-refractivity contribution in [1.82, 2.24) is 9.29 Å². The Bertz CT molecular complexity index is 1440. The predicted molar refractivity (Wildman–Crippen MR) is 142 cm³/mol. The lowest BCUT2D eigenvalue weighted by Gasteiger charge is -2.36. The molecule has 6 rings (SSSR count). The molecule has 3 fully saturated rings. The van der Waals surface area contributed by atoms with E-state index in [-0.39, 0.29) is 92.4 Å². The van der Waals surface area contributed by atoms with Crippen molar-refractivity contribution in [3.8, 4) is 5.75 Å². The first-order chi connectivity index (χ1) is 19.6. The molecule has 0 unspecified atom stereocenters. The maximum absolute atomic E-state index is 15.2. The summed E-state index contributed by atoms with van der Waals surface area (Å²) in [4.78, 5) is 19.7. The van der Waals surface area contributed by atoms with Crippen LogP contribution in [-0.2, 0) is 30.2 Å². The summed E-state index contributed by atoms with van der Waals surface area (Å²) in [6.07, 6.45) is -2.52. The number of aromatic nitrogens is 1. The van der Waals surface area contributed by atoms with E-state index in [0.29, 0.717) is 5.69 Å². The molecule has 0 saturated carbocycles. The summed E-state index contributed by atoms with van der Waals surface area (Å²) in [6, 6.07) is 6.28. The minimum atomic E-state index is -3.93. The normalized spacial score (nSPS) is 25.4. The topological polar surface area (TPSA) is 137 Å². The molecule has 12 nitrogen and oxygen atoms in total. The summed E-state index contributed by atoms with van der Waals surface area (Å²) in [5.41, 5.74) is 5.76.